The second kappa shape index (κ2) is 13.3. The normalized spacial score (nSPS) is 17.3. The SMILES string of the molecule is CC=CCCC1CCC(c2ccc(C(F)(F)Oc3ccc(-c4ccc(-c5cc(F)c(F)c(F)c5)c(F)c4)cc3)c(F)c2)CC1. The van der Waals surface area contributed by atoms with Crippen molar-refractivity contribution in [2.24, 2.45) is 5.92 Å². The lowest BCUT2D eigenvalue weighted by molar-refractivity contribution is -0.187. The summed E-state index contributed by atoms with van der Waals surface area (Å²) in [5.41, 5.74) is 0.311. The highest BCUT2D eigenvalue weighted by atomic mass is 19.3. The van der Waals surface area contributed by atoms with Crippen LogP contribution in [0.25, 0.3) is 22.3 Å². The molecule has 4 aromatic carbocycles. The van der Waals surface area contributed by atoms with Gasteiger partial charge in [-0.1, -0.05) is 42.5 Å². The first kappa shape index (κ1) is 31.4. The smallest absolute Gasteiger partial charge is 0.429 e. The van der Waals surface area contributed by atoms with Crippen molar-refractivity contribution in [3.63, 3.8) is 0 Å². The molecule has 0 spiro atoms. The Hall–Kier alpha value is -4.07. The predicted molar refractivity (Wildman–Crippen MR) is 157 cm³/mol. The molecule has 0 aromatic heterocycles. The van der Waals surface area contributed by atoms with E-state index in [-0.39, 0.29) is 22.8 Å². The molecule has 0 bridgehead atoms. The quantitative estimate of drug-likeness (QED) is 0.104. The lowest BCUT2D eigenvalue weighted by Gasteiger charge is -2.29. The van der Waals surface area contributed by atoms with Gasteiger partial charge in [-0.2, -0.15) is 8.78 Å². The third-order valence-corrected chi connectivity index (χ3v) is 8.30. The van der Waals surface area contributed by atoms with E-state index >= 15 is 8.78 Å². The van der Waals surface area contributed by atoms with E-state index in [0.29, 0.717) is 34.7 Å². The Kier molecular flexibility index (Phi) is 9.47. The number of rotatable bonds is 9. The van der Waals surface area contributed by atoms with Gasteiger partial charge in [0, 0.05) is 5.56 Å². The maximum atomic E-state index is 15.0. The molecule has 1 saturated carbocycles. The Balaban J connectivity index is 1.24. The van der Waals surface area contributed by atoms with Gasteiger partial charge in [0.1, 0.15) is 17.4 Å². The molecule has 0 heterocycles. The third kappa shape index (κ3) is 7.01. The monoisotopic (exact) mass is 612 g/mol. The molecule has 1 nitrogen and oxygen atoms in total. The molecule has 0 N–H and O–H groups in total. The average molecular weight is 613 g/mol. The Morgan fingerprint density at radius 1 is 0.705 bits per heavy atom. The minimum Gasteiger partial charge on any atom is -0.429 e. The summed E-state index contributed by atoms with van der Waals surface area (Å²) < 4.78 is 105. The Morgan fingerprint density at radius 2 is 1.34 bits per heavy atom. The molecule has 0 radical (unpaired) electrons. The second-order valence-corrected chi connectivity index (χ2v) is 11.2. The molecule has 44 heavy (non-hydrogen) atoms. The van der Waals surface area contributed by atoms with Crippen LogP contribution in [-0.4, -0.2) is 0 Å². The van der Waals surface area contributed by atoms with Crippen LogP contribution in [0.15, 0.2) is 84.9 Å². The summed E-state index contributed by atoms with van der Waals surface area (Å²) in [6.45, 7) is 2.00. The summed E-state index contributed by atoms with van der Waals surface area (Å²) in [4.78, 5) is 0. The van der Waals surface area contributed by atoms with E-state index in [9.17, 15) is 22.0 Å². The molecule has 4 aromatic rings. The molecule has 5 rings (SSSR count). The molecular weight excluding hydrogens is 581 g/mol. The van der Waals surface area contributed by atoms with Gasteiger partial charge < -0.3 is 4.74 Å². The van der Waals surface area contributed by atoms with Crippen molar-refractivity contribution < 1.29 is 35.5 Å². The number of hydrogen-bond donors (Lipinski definition) is 0. The predicted octanol–water partition coefficient (Wildman–Crippen LogP) is 11.5. The van der Waals surface area contributed by atoms with Crippen molar-refractivity contribution >= 4 is 0 Å². The van der Waals surface area contributed by atoms with E-state index < -0.39 is 40.8 Å². The first-order valence-electron chi connectivity index (χ1n) is 14.6. The van der Waals surface area contributed by atoms with Crippen molar-refractivity contribution in [2.45, 2.75) is 57.5 Å². The fourth-order valence-corrected chi connectivity index (χ4v) is 5.86. The van der Waals surface area contributed by atoms with E-state index in [4.69, 9.17) is 4.74 Å². The van der Waals surface area contributed by atoms with Gasteiger partial charge in [-0.15, -0.1) is 0 Å². The molecule has 8 heteroatoms. The number of alkyl halides is 2. The van der Waals surface area contributed by atoms with Crippen LogP contribution in [0.3, 0.4) is 0 Å². The molecule has 0 amide bonds. The summed E-state index contributed by atoms with van der Waals surface area (Å²) in [6.07, 6.45) is 6.29. The number of ether oxygens (including phenoxy) is 1. The summed E-state index contributed by atoms with van der Waals surface area (Å²) in [5, 5.41) is 0. The Morgan fingerprint density at radius 3 is 1.95 bits per heavy atom. The molecule has 1 aliphatic rings. The highest BCUT2D eigenvalue weighted by Gasteiger charge is 2.38. The zero-order valence-electron chi connectivity index (χ0n) is 24.0. The molecule has 1 aliphatic carbocycles. The number of hydrogen-bond acceptors (Lipinski definition) is 1. The fraction of sp³-hybridized carbons (Fsp3) is 0.278. The van der Waals surface area contributed by atoms with Crippen LogP contribution >= 0.6 is 0 Å². The lowest BCUT2D eigenvalue weighted by atomic mass is 9.77. The molecule has 0 atom stereocenters. The van der Waals surface area contributed by atoms with Gasteiger partial charge in [0.25, 0.3) is 0 Å². The van der Waals surface area contributed by atoms with Gasteiger partial charge in [0.15, 0.2) is 17.5 Å². The minimum atomic E-state index is -3.94. The van der Waals surface area contributed by atoms with Crippen LogP contribution in [0.2, 0.25) is 0 Å². The van der Waals surface area contributed by atoms with Gasteiger partial charge in [0.05, 0.1) is 5.56 Å². The van der Waals surface area contributed by atoms with E-state index in [1.165, 1.54) is 42.5 Å². The molecule has 230 valence electrons. The van der Waals surface area contributed by atoms with E-state index in [1.54, 1.807) is 6.07 Å². The number of halogens is 7. The highest BCUT2D eigenvalue weighted by molar-refractivity contribution is 5.71. The maximum Gasteiger partial charge on any atom is 0.429 e. The fourth-order valence-electron chi connectivity index (χ4n) is 5.86. The first-order valence-corrected chi connectivity index (χ1v) is 14.6. The molecule has 0 unspecified atom stereocenters. The minimum absolute atomic E-state index is 0.135. The summed E-state index contributed by atoms with van der Waals surface area (Å²) >= 11 is 0. The maximum absolute atomic E-state index is 15.0. The second-order valence-electron chi connectivity index (χ2n) is 11.2. The lowest BCUT2D eigenvalue weighted by Crippen LogP contribution is -2.23. The van der Waals surface area contributed by atoms with E-state index in [1.807, 2.05) is 13.0 Å². The summed E-state index contributed by atoms with van der Waals surface area (Å²) in [5.74, 6) is -5.86. The molecule has 1 fully saturated rings. The van der Waals surface area contributed by atoms with Gasteiger partial charge in [0.2, 0.25) is 0 Å². The Bertz CT molecular complexity index is 1610. The van der Waals surface area contributed by atoms with Crippen LogP contribution in [0.4, 0.5) is 30.7 Å². The highest BCUT2D eigenvalue weighted by Crippen LogP contribution is 2.40. The van der Waals surface area contributed by atoms with E-state index in [2.05, 4.69) is 6.08 Å². The van der Waals surface area contributed by atoms with Gasteiger partial charge in [-0.05, 0) is 122 Å². The first-order chi connectivity index (χ1) is 21.1. The van der Waals surface area contributed by atoms with Gasteiger partial charge in [-0.3, -0.25) is 0 Å². The topological polar surface area (TPSA) is 9.23 Å². The van der Waals surface area contributed by atoms with Crippen LogP contribution in [-0.2, 0) is 6.11 Å². The van der Waals surface area contributed by atoms with Crippen molar-refractivity contribution in [2.75, 3.05) is 0 Å². The zero-order valence-corrected chi connectivity index (χ0v) is 24.0. The molecular formula is C36H31F7O. The number of allylic oxidation sites excluding steroid dienone is 2. The molecule has 0 aliphatic heterocycles. The van der Waals surface area contributed by atoms with Crippen LogP contribution in [0, 0.1) is 35.0 Å². The van der Waals surface area contributed by atoms with Crippen molar-refractivity contribution in [1.82, 2.24) is 0 Å². The van der Waals surface area contributed by atoms with Gasteiger partial charge >= 0.3 is 6.11 Å². The van der Waals surface area contributed by atoms with Crippen molar-refractivity contribution in [1.29, 1.82) is 0 Å². The number of benzene rings is 4. The van der Waals surface area contributed by atoms with Crippen LogP contribution in [0.1, 0.15) is 62.5 Å². The summed E-state index contributed by atoms with van der Waals surface area (Å²) in [6, 6.07) is 14.4. The average Bonchev–Trinajstić information content (AvgIpc) is 3.00. The van der Waals surface area contributed by atoms with Crippen molar-refractivity contribution in [3.8, 4) is 28.0 Å². The zero-order chi connectivity index (χ0) is 31.4. The van der Waals surface area contributed by atoms with Gasteiger partial charge in [-0.25, -0.2) is 22.0 Å². The Labute approximate surface area is 252 Å². The van der Waals surface area contributed by atoms with Crippen LogP contribution < -0.4 is 4.74 Å². The van der Waals surface area contributed by atoms with E-state index in [0.717, 1.165) is 50.7 Å². The van der Waals surface area contributed by atoms with Crippen LogP contribution in [0.5, 0.6) is 5.75 Å². The third-order valence-electron chi connectivity index (χ3n) is 8.30. The standard InChI is InChI=1S/C36H31F7O/c1-2-3-4-5-22-6-8-23(9-7-22)26-13-17-30(32(38)19-26)36(42,43)44-28-14-10-24(11-15-28)25-12-16-29(31(37)18-25)27-20-33(39)35(41)34(40)21-27/h2-3,10-23H,4-9H2,1H3. The molecule has 0 saturated heterocycles. The van der Waals surface area contributed by atoms with Crippen molar-refractivity contribution in [3.05, 3.63) is 125 Å². The summed E-state index contributed by atoms with van der Waals surface area (Å²) in [7, 11) is 0. The largest absolute Gasteiger partial charge is 0.429 e.